The highest BCUT2D eigenvalue weighted by Crippen LogP contribution is 2.22. The smallest absolute Gasteiger partial charge is 0.0522 e. The maximum absolute atomic E-state index is 6.18. The van der Waals surface area contributed by atoms with Crippen LogP contribution in [0.3, 0.4) is 0 Å². The summed E-state index contributed by atoms with van der Waals surface area (Å²) >= 11 is 6.18. The predicted octanol–water partition coefficient (Wildman–Crippen LogP) is 3.41. The fourth-order valence-electron chi connectivity index (χ4n) is 1.99. The van der Waals surface area contributed by atoms with Crippen LogP contribution in [0.4, 0.5) is 0 Å². The minimum Gasteiger partial charge on any atom is -0.305 e. The molecular formula is C14H18ClN3. The van der Waals surface area contributed by atoms with Crippen molar-refractivity contribution in [2.24, 2.45) is 0 Å². The number of hydrogen-bond donors (Lipinski definition) is 1. The van der Waals surface area contributed by atoms with E-state index in [2.05, 4.69) is 30.3 Å². The van der Waals surface area contributed by atoms with Gasteiger partial charge in [-0.05, 0) is 31.5 Å². The summed E-state index contributed by atoms with van der Waals surface area (Å²) < 4.78 is 1.99. The van der Waals surface area contributed by atoms with Gasteiger partial charge in [-0.1, -0.05) is 29.8 Å². The molecule has 2 rings (SSSR count). The van der Waals surface area contributed by atoms with Crippen LogP contribution in [0, 0.1) is 0 Å². The van der Waals surface area contributed by atoms with Gasteiger partial charge in [-0.2, -0.15) is 5.10 Å². The Morgan fingerprint density at radius 1 is 1.33 bits per heavy atom. The molecule has 0 fully saturated rings. The Hall–Kier alpha value is -1.32. The molecule has 0 bridgehead atoms. The number of nitrogens with one attached hydrogen (secondary N) is 1. The number of aryl methyl sites for hydroxylation is 1. The van der Waals surface area contributed by atoms with Crippen molar-refractivity contribution < 1.29 is 0 Å². The van der Waals surface area contributed by atoms with Crippen molar-refractivity contribution in [3.8, 4) is 0 Å². The Labute approximate surface area is 113 Å². The van der Waals surface area contributed by atoms with Crippen molar-refractivity contribution in [3.05, 3.63) is 52.8 Å². The first-order chi connectivity index (χ1) is 8.72. The molecule has 96 valence electrons. The number of benzene rings is 1. The molecule has 0 saturated heterocycles. The van der Waals surface area contributed by atoms with E-state index in [1.165, 1.54) is 5.69 Å². The second kappa shape index (κ2) is 6.03. The number of halogens is 1. The molecule has 1 heterocycles. The minimum absolute atomic E-state index is 0.221. The van der Waals surface area contributed by atoms with Crippen LogP contribution in [0.5, 0.6) is 0 Å². The Balaban J connectivity index is 2.01. The first-order valence-corrected chi connectivity index (χ1v) is 6.58. The standard InChI is InChI=1S/C14H18ClN3/c1-3-18-12(8-9-17-18)10-16-11(2)13-6-4-5-7-14(13)15/h4-9,11,16H,3,10H2,1-2H3/t11-/m1/s1. The number of nitrogens with zero attached hydrogens (tertiary/aromatic N) is 2. The molecule has 4 heteroatoms. The van der Waals surface area contributed by atoms with E-state index in [-0.39, 0.29) is 6.04 Å². The molecule has 1 aromatic carbocycles. The van der Waals surface area contributed by atoms with Gasteiger partial charge < -0.3 is 5.32 Å². The SMILES string of the molecule is CCn1nccc1CN[C@H](C)c1ccccc1Cl. The van der Waals surface area contributed by atoms with Crippen molar-refractivity contribution in [1.82, 2.24) is 15.1 Å². The van der Waals surface area contributed by atoms with Crippen LogP contribution in [0.1, 0.15) is 31.1 Å². The lowest BCUT2D eigenvalue weighted by molar-refractivity contribution is 0.532. The zero-order chi connectivity index (χ0) is 13.0. The van der Waals surface area contributed by atoms with Gasteiger partial charge in [0.15, 0.2) is 0 Å². The summed E-state index contributed by atoms with van der Waals surface area (Å²) in [6, 6.07) is 10.2. The van der Waals surface area contributed by atoms with E-state index in [1.807, 2.05) is 35.1 Å². The maximum Gasteiger partial charge on any atom is 0.0522 e. The second-order valence-corrected chi connectivity index (χ2v) is 4.67. The summed E-state index contributed by atoms with van der Waals surface area (Å²) in [4.78, 5) is 0. The van der Waals surface area contributed by atoms with Crippen molar-refractivity contribution >= 4 is 11.6 Å². The largest absolute Gasteiger partial charge is 0.305 e. The van der Waals surface area contributed by atoms with Crippen molar-refractivity contribution in [3.63, 3.8) is 0 Å². The molecule has 0 spiro atoms. The first-order valence-electron chi connectivity index (χ1n) is 6.21. The summed E-state index contributed by atoms with van der Waals surface area (Å²) in [5.41, 5.74) is 2.32. The van der Waals surface area contributed by atoms with Gasteiger partial charge in [0, 0.05) is 30.4 Å². The van der Waals surface area contributed by atoms with Crippen LogP contribution < -0.4 is 5.32 Å². The van der Waals surface area contributed by atoms with Crippen LogP contribution in [-0.2, 0) is 13.1 Å². The van der Waals surface area contributed by atoms with E-state index in [0.29, 0.717) is 0 Å². The Kier molecular flexibility index (Phi) is 4.39. The van der Waals surface area contributed by atoms with Crippen LogP contribution in [0.15, 0.2) is 36.5 Å². The average molecular weight is 264 g/mol. The van der Waals surface area contributed by atoms with Crippen LogP contribution in [-0.4, -0.2) is 9.78 Å². The molecular weight excluding hydrogens is 246 g/mol. The van der Waals surface area contributed by atoms with Crippen molar-refractivity contribution in [2.45, 2.75) is 33.0 Å². The van der Waals surface area contributed by atoms with E-state index in [0.717, 1.165) is 23.7 Å². The first kappa shape index (κ1) is 13.1. The lowest BCUT2D eigenvalue weighted by Gasteiger charge is -2.16. The van der Waals surface area contributed by atoms with Gasteiger partial charge >= 0.3 is 0 Å². The summed E-state index contributed by atoms with van der Waals surface area (Å²) in [6.07, 6.45) is 1.83. The molecule has 18 heavy (non-hydrogen) atoms. The van der Waals surface area contributed by atoms with E-state index >= 15 is 0 Å². The fraction of sp³-hybridized carbons (Fsp3) is 0.357. The van der Waals surface area contributed by atoms with E-state index < -0.39 is 0 Å². The molecule has 1 N–H and O–H groups in total. The Bertz CT molecular complexity index is 507. The van der Waals surface area contributed by atoms with Gasteiger partial charge in [0.1, 0.15) is 0 Å². The van der Waals surface area contributed by atoms with Gasteiger partial charge in [-0.25, -0.2) is 0 Å². The molecule has 1 aromatic heterocycles. The van der Waals surface area contributed by atoms with Gasteiger partial charge in [-0.15, -0.1) is 0 Å². The number of aromatic nitrogens is 2. The molecule has 3 nitrogen and oxygen atoms in total. The number of rotatable bonds is 5. The summed E-state index contributed by atoms with van der Waals surface area (Å²) in [7, 11) is 0. The van der Waals surface area contributed by atoms with E-state index in [4.69, 9.17) is 11.6 Å². The maximum atomic E-state index is 6.18. The number of hydrogen-bond acceptors (Lipinski definition) is 2. The Morgan fingerprint density at radius 2 is 2.11 bits per heavy atom. The summed E-state index contributed by atoms with van der Waals surface area (Å²) in [6.45, 7) is 5.90. The quantitative estimate of drug-likeness (QED) is 0.896. The van der Waals surface area contributed by atoms with Crippen LogP contribution in [0.2, 0.25) is 5.02 Å². The normalized spacial score (nSPS) is 12.6. The van der Waals surface area contributed by atoms with Gasteiger partial charge in [0.25, 0.3) is 0 Å². The predicted molar refractivity (Wildman–Crippen MR) is 74.6 cm³/mol. The highest BCUT2D eigenvalue weighted by Gasteiger charge is 2.09. The third-order valence-corrected chi connectivity index (χ3v) is 3.41. The zero-order valence-corrected chi connectivity index (χ0v) is 11.5. The van der Waals surface area contributed by atoms with Crippen LogP contribution >= 0.6 is 11.6 Å². The Morgan fingerprint density at radius 3 is 2.83 bits per heavy atom. The zero-order valence-electron chi connectivity index (χ0n) is 10.7. The highest BCUT2D eigenvalue weighted by atomic mass is 35.5. The molecule has 1 atom stereocenters. The van der Waals surface area contributed by atoms with E-state index in [1.54, 1.807) is 0 Å². The lowest BCUT2D eigenvalue weighted by atomic mass is 10.1. The average Bonchev–Trinajstić information content (AvgIpc) is 2.84. The summed E-state index contributed by atoms with van der Waals surface area (Å²) in [5.74, 6) is 0. The highest BCUT2D eigenvalue weighted by molar-refractivity contribution is 6.31. The molecule has 0 aliphatic carbocycles. The van der Waals surface area contributed by atoms with Crippen molar-refractivity contribution in [2.75, 3.05) is 0 Å². The van der Waals surface area contributed by atoms with E-state index in [9.17, 15) is 0 Å². The van der Waals surface area contributed by atoms with Gasteiger partial charge in [0.2, 0.25) is 0 Å². The van der Waals surface area contributed by atoms with Crippen molar-refractivity contribution in [1.29, 1.82) is 0 Å². The third kappa shape index (κ3) is 2.92. The van der Waals surface area contributed by atoms with Crippen LogP contribution in [0.25, 0.3) is 0 Å². The second-order valence-electron chi connectivity index (χ2n) is 4.26. The third-order valence-electron chi connectivity index (χ3n) is 3.07. The molecule has 0 saturated carbocycles. The molecule has 0 unspecified atom stereocenters. The molecule has 2 aromatic rings. The van der Waals surface area contributed by atoms with Gasteiger partial charge in [-0.3, -0.25) is 4.68 Å². The molecule has 0 radical (unpaired) electrons. The lowest BCUT2D eigenvalue weighted by Crippen LogP contribution is -2.20. The monoisotopic (exact) mass is 263 g/mol. The topological polar surface area (TPSA) is 29.9 Å². The molecule has 0 aliphatic rings. The minimum atomic E-state index is 0.221. The summed E-state index contributed by atoms with van der Waals surface area (Å²) in [5, 5.41) is 8.53. The molecule has 0 aliphatic heterocycles. The fourth-order valence-corrected chi connectivity index (χ4v) is 2.29. The van der Waals surface area contributed by atoms with Gasteiger partial charge in [0.05, 0.1) is 5.69 Å². The molecule has 0 amide bonds.